The molecule has 1 rings (SSSR count). The molecule has 2 heteroatoms. The van der Waals surface area contributed by atoms with Gasteiger partial charge in [-0.2, -0.15) is 0 Å². The van der Waals surface area contributed by atoms with Crippen molar-refractivity contribution in [2.24, 2.45) is 11.8 Å². The van der Waals surface area contributed by atoms with Crippen LogP contribution in [-0.4, -0.2) is 37.1 Å². The minimum atomic E-state index is 0.373. The molecule has 1 saturated carbocycles. The van der Waals surface area contributed by atoms with Crippen LogP contribution in [0.15, 0.2) is 0 Å². The zero-order valence-electron chi connectivity index (χ0n) is 14.8. The molecule has 1 N–H and O–H groups in total. The maximum Gasteiger partial charge on any atom is 0.0359 e. The Bertz CT molecular complexity index is 250. The van der Waals surface area contributed by atoms with Crippen molar-refractivity contribution in [1.29, 1.82) is 0 Å². The topological polar surface area (TPSA) is 15.3 Å². The first kappa shape index (κ1) is 18.0. The molecule has 120 valence electrons. The molecule has 0 heterocycles. The van der Waals surface area contributed by atoms with Gasteiger partial charge in [0.25, 0.3) is 0 Å². The van der Waals surface area contributed by atoms with Crippen molar-refractivity contribution in [3.8, 4) is 0 Å². The molecular weight excluding hydrogens is 244 g/mol. The van der Waals surface area contributed by atoms with Gasteiger partial charge in [-0.25, -0.2) is 0 Å². The van der Waals surface area contributed by atoms with Crippen LogP contribution in [0.2, 0.25) is 0 Å². The standard InChI is InChI=1S/C18H38N2/c1-7-14-19-17(16(8-2)9-3)18(20(5)6)12-10-15(4)11-13-18/h15-17,19H,7-14H2,1-6H3. The summed E-state index contributed by atoms with van der Waals surface area (Å²) in [7, 11) is 4.61. The number of hydrogen-bond donors (Lipinski definition) is 1. The molecule has 1 fully saturated rings. The minimum absolute atomic E-state index is 0.373. The molecule has 1 atom stereocenters. The van der Waals surface area contributed by atoms with Crippen molar-refractivity contribution < 1.29 is 0 Å². The van der Waals surface area contributed by atoms with E-state index in [-0.39, 0.29) is 0 Å². The minimum Gasteiger partial charge on any atom is -0.312 e. The lowest BCUT2D eigenvalue weighted by molar-refractivity contribution is 0.0192. The Hall–Kier alpha value is -0.0800. The summed E-state index contributed by atoms with van der Waals surface area (Å²) >= 11 is 0. The summed E-state index contributed by atoms with van der Waals surface area (Å²) in [4.78, 5) is 2.55. The monoisotopic (exact) mass is 282 g/mol. The van der Waals surface area contributed by atoms with E-state index in [1.54, 1.807) is 0 Å². The van der Waals surface area contributed by atoms with Crippen LogP contribution in [0.3, 0.4) is 0 Å². The number of nitrogens with one attached hydrogen (secondary N) is 1. The maximum absolute atomic E-state index is 3.94. The van der Waals surface area contributed by atoms with E-state index in [0.29, 0.717) is 11.6 Å². The van der Waals surface area contributed by atoms with Gasteiger partial charge in [-0.15, -0.1) is 0 Å². The average Bonchev–Trinajstić information content (AvgIpc) is 2.44. The third kappa shape index (κ3) is 3.98. The van der Waals surface area contributed by atoms with Crippen LogP contribution in [-0.2, 0) is 0 Å². The molecule has 0 aromatic rings. The van der Waals surface area contributed by atoms with Crippen LogP contribution in [0.5, 0.6) is 0 Å². The Kier molecular flexibility index (Phi) is 7.53. The van der Waals surface area contributed by atoms with Crippen molar-refractivity contribution in [3.63, 3.8) is 0 Å². The molecule has 0 amide bonds. The normalized spacial score (nSPS) is 29.1. The molecule has 0 aromatic heterocycles. The predicted molar refractivity (Wildman–Crippen MR) is 90.2 cm³/mol. The van der Waals surface area contributed by atoms with Crippen molar-refractivity contribution in [1.82, 2.24) is 10.2 Å². The van der Waals surface area contributed by atoms with E-state index in [4.69, 9.17) is 0 Å². The van der Waals surface area contributed by atoms with Gasteiger partial charge in [0.1, 0.15) is 0 Å². The second kappa shape index (κ2) is 8.38. The van der Waals surface area contributed by atoms with E-state index < -0.39 is 0 Å². The highest BCUT2D eigenvalue weighted by Crippen LogP contribution is 2.41. The van der Waals surface area contributed by atoms with Gasteiger partial charge in [-0.3, -0.25) is 0 Å². The predicted octanol–water partition coefficient (Wildman–Crippen LogP) is 4.30. The van der Waals surface area contributed by atoms with E-state index >= 15 is 0 Å². The second-order valence-corrected chi connectivity index (χ2v) is 7.19. The van der Waals surface area contributed by atoms with Gasteiger partial charge in [-0.1, -0.05) is 40.5 Å². The van der Waals surface area contributed by atoms with Gasteiger partial charge < -0.3 is 10.2 Å². The summed E-state index contributed by atoms with van der Waals surface area (Å²) in [6.07, 6.45) is 9.33. The van der Waals surface area contributed by atoms with Crippen LogP contribution >= 0.6 is 0 Å². The van der Waals surface area contributed by atoms with Gasteiger partial charge in [0.2, 0.25) is 0 Å². The second-order valence-electron chi connectivity index (χ2n) is 7.19. The quantitative estimate of drug-likeness (QED) is 0.714. The lowest BCUT2D eigenvalue weighted by Crippen LogP contribution is -2.63. The lowest BCUT2D eigenvalue weighted by atomic mass is 9.67. The first-order valence-electron chi connectivity index (χ1n) is 8.92. The van der Waals surface area contributed by atoms with E-state index in [1.807, 2.05) is 0 Å². The van der Waals surface area contributed by atoms with Crippen LogP contribution < -0.4 is 5.32 Å². The molecule has 0 aliphatic heterocycles. The summed E-state index contributed by atoms with van der Waals surface area (Å²) in [5, 5.41) is 3.94. The first-order chi connectivity index (χ1) is 9.51. The number of nitrogens with zero attached hydrogens (tertiary/aromatic N) is 1. The molecule has 2 nitrogen and oxygen atoms in total. The highest BCUT2D eigenvalue weighted by atomic mass is 15.2. The Balaban J connectivity index is 2.97. The number of hydrogen-bond acceptors (Lipinski definition) is 2. The Morgan fingerprint density at radius 2 is 1.65 bits per heavy atom. The molecule has 0 spiro atoms. The fraction of sp³-hybridized carbons (Fsp3) is 1.00. The van der Waals surface area contributed by atoms with Gasteiger partial charge in [0, 0.05) is 11.6 Å². The molecule has 20 heavy (non-hydrogen) atoms. The van der Waals surface area contributed by atoms with Crippen LogP contribution in [0.1, 0.15) is 72.6 Å². The molecule has 1 unspecified atom stereocenters. The summed E-state index contributed by atoms with van der Waals surface area (Å²) < 4.78 is 0. The molecule has 1 aliphatic rings. The summed E-state index contributed by atoms with van der Waals surface area (Å²) in [6.45, 7) is 10.6. The highest BCUT2D eigenvalue weighted by Gasteiger charge is 2.44. The molecule has 1 aliphatic carbocycles. The van der Waals surface area contributed by atoms with Crippen LogP contribution in [0.4, 0.5) is 0 Å². The number of rotatable bonds is 8. The van der Waals surface area contributed by atoms with E-state index in [9.17, 15) is 0 Å². The Morgan fingerprint density at radius 3 is 2.05 bits per heavy atom. The zero-order chi connectivity index (χ0) is 15.2. The third-order valence-corrected chi connectivity index (χ3v) is 5.74. The molecule has 0 saturated heterocycles. The van der Waals surface area contributed by atoms with Crippen LogP contribution in [0, 0.1) is 11.8 Å². The van der Waals surface area contributed by atoms with Crippen molar-refractivity contribution in [2.45, 2.75) is 84.2 Å². The smallest absolute Gasteiger partial charge is 0.0359 e. The average molecular weight is 283 g/mol. The van der Waals surface area contributed by atoms with E-state index in [0.717, 1.165) is 18.4 Å². The molecule has 0 aromatic carbocycles. The number of likely N-dealkylation sites (N-methyl/N-ethyl adjacent to an activating group) is 1. The van der Waals surface area contributed by atoms with Crippen molar-refractivity contribution in [3.05, 3.63) is 0 Å². The van der Waals surface area contributed by atoms with E-state index in [1.165, 1.54) is 44.9 Å². The van der Waals surface area contributed by atoms with E-state index in [2.05, 4.69) is 52.0 Å². The third-order valence-electron chi connectivity index (χ3n) is 5.74. The molecular formula is C18H38N2. The first-order valence-corrected chi connectivity index (χ1v) is 8.92. The fourth-order valence-electron chi connectivity index (χ4n) is 4.15. The lowest BCUT2D eigenvalue weighted by Gasteiger charge is -2.52. The summed E-state index contributed by atoms with van der Waals surface area (Å²) in [6, 6.07) is 0.653. The SMILES string of the molecule is CCCNC(C(CC)CC)C1(N(C)C)CCC(C)CC1. The Morgan fingerprint density at radius 1 is 1.10 bits per heavy atom. The molecule has 0 radical (unpaired) electrons. The largest absolute Gasteiger partial charge is 0.312 e. The summed E-state index contributed by atoms with van der Waals surface area (Å²) in [5.74, 6) is 1.72. The molecule has 0 bridgehead atoms. The van der Waals surface area contributed by atoms with Gasteiger partial charge in [-0.05, 0) is 64.6 Å². The highest BCUT2D eigenvalue weighted by molar-refractivity contribution is 5.03. The van der Waals surface area contributed by atoms with Crippen LogP contribution in [0.25, 0.3) is 0 Å². The van der Waals surface area contributed by atoms with Crippen molar-refractivity contribution >= 4 is 0 Å². The summed E-state index contributed by atoms with van der Waals surface area (Å²) in [5.41, 5.74) is 0.373. The zero-order valence-corrected chi connectivity index (χ0v) is 14.8. The fourth-order valence-corrected chi connectivity index (χ4v) is 4.15. The Labute approximate surface area is 127 Å². The van der Waals surface area contributed by atoms with Crippen molar-refractivity contribution in [2.75, 3.05) is 20.6 Å². The van der Waals surface area contributed by atoms with Gasteiger partial charge in [0.15, 0.2) is 0 Å². The van der Waals surface area contributed by atoms with Gasteiger partial charge >= 0.3 is 0 Å². The van der Waals surface area contributed by atoms with Gasteiger partial charge in [0.05, 0.1) is 0 Å². The maximum atomic E-state index is 3.94.